The Hall–Kier alpha value is -1.95. The van der Waals surface area contributed by atoms with Gasteiger partial charge >= 0.3 is 0 Å². The topological polar surface area (TPSA) is 36.4 Å². The third-order valence-corrected chi connectivity index (χ3v) is 5.39. The minimum absolute atomic E-state index is 0.196. The van der Waals surface area contributed by atoms with Crippen LogP contribution in [-0.4, -0.2) is 36.9 Å². The number of carbonyl (C=O) groups is 1. The molecule has 1 aliphatic heterocycles. The van der Waals surface area contributed by atoms with Gasteiger partial charge in [0.1, 0.15) is 5.82 Å². The number of benzene rings is 1. The Kier molecular flexibility index (Phi) is 4.35. The summed E-state index contributed by atoms with van der Waals surface area (Å²) in [4.78, 5) is 22.0. The number of halogens is 1. The molecule has 4 nitrogen and oxygen atoms in total. The summed E-state index contributed by atoms with van der Waals surface area (Å²) in [6, 6.07) is 4.84. The molecule has 0 spiro atoms. The molecule has 0 atom stereocenters. The summed E-state index contributed by atoms with van der Waals surface area (Å²) >= 11 is 1.71. The molecule has 23 heavy (non-hydrogen) atoms. The van der Waals surface area contributed by atoms with Gasteiger partial charge in [-0.15, -0.1) is 11.3 Å². The zero-order chi connectivity index (χ0) is 16.6. The van der Waals surface area contributed by atoms with E-state index in [2.05, 4.69) is 21.7 Å². The number of hydrogen-bond donors (Lipinski definition) is 0. The lowest BCUT2D eigenvalue weighted by molar-refractivity contribution is 0.101. The second-order valence-corrected chi connectivity index (χ2v) is 6.98. The van der Waals surface area contributed by atoms with Gasteiger partial charge in [0.05, 0.1) is 16.9 Å². The summed E-state index contributed by atoms with van der Waals surface area (Å²) in [6.07, 6.45) is 0. The Balaban J connectivity index is 1.77. The van der Waals surface area contributed by atoms with Gasteiger partial charge in [0, 0.05) is 31.1 Å². The number of aromatic nitrogens is 1. The van der Waals surface area contributed by atoms with Crippen LogP contribution < -0.4 is 9.80 Å². The van der Waals surface area contributed by atoms with Gasteiger partial charge in [0.15, 0.2) is 10.9 Å². The number of piperazine rings is 1. The van der Waals surface area contributed by atoms with Crippen LogP contribution in [0.4, 0.5) is 15.2 Å². The van der Waals surface area contributed by atoms with Crippen molar-refractivity contribution >= 4 is 27.9 Å². The minimum atomic E-state index is -0.441. The summed E-state index contributed by atoms with van der Waals surface area (Å²) in [5, 5.41) is 1.05. The van der Waals surface area contributed by atoms with E-state index in [9.17, 15) is 9.18 Å². The van der Waals surface area contributed by atoms with Crippen LogP contribution >= 0.6 is 11.3 Å². The molecule has 1 fully saturated rings. The van der Waals surface area contributed by atoms with E-state index in [1.807, 2.05) is 13.0 Å². The molecule has 6 heteroatoms. The fourth-order valence-corrected chi connectivity index (χ4v) is 3.82. The van der Waals surface area contributed by atoms with Crippen LogP contribution in [0.2, 0.25) is 0 Å². The molecule has 0 bridgehead atoms. The van der Waals surface area contributed by atoms with Gasteiger partial charge in [0.2, 0.25) is 0 Å². The van der Waals surface area contributed by atoms with Crippen molar-refractivity contribution < 1.29 is 9.18 Å². The number of rotatable bonds is 3. The van der Waals surface area contributed by atoms with Gasteiger partial charge in [-0.1, -0.05) is 6.07 Å². The van der Waals surface area contributed by atoms with E-state index < -0.39 is 5.82 Å². The molecular formula is C17H20FN3OS. The van der Waals surface area contributed by atoms with Crippen molar-refractivity contribution in [2.45, 2.75) is 20.8 Å². The average molecular weight is 333 g/mol. The highest BCUT2D eigenvalue weighted by atomic mass is 32.1. The molecule has 1 aliphatic rings. The highest BCUT2D eigenvalue weighted by molar-refractivity contribution is 7.15. The number of Topliss-reactive ketones (excluding diaryl/α,β-unsaturated/α-hetero) is 1. The normalized spacial score (nSPS) is 15.1. The summed E-state index contributed by atoms with van der Waals surface area (Å²) in [5.41, 5.74) is 1.97. The van der Waals surface area contributed by atoms with Gasteiger partial charge in [-0.2, -0.15) is 0 Å². The molecule has 0 radical (unpaired) electrons. The van der Waals surface area contributed by atoms with E-state index in [4.69, 9.17) is 0 Å². The van der Waals surface area contributed by atoms with Crippen molar-refractivity contribution in [2.24, 2.45) is 0 Å². The molecule has 122 valence electrons. The van der Waals surface area contributed by atoms with Gasteiger partial charge in [0.25, 0.3) is 0 Å². The van der Waals surface area contributed by atoms with Crippen molar-refractivity contribution in [3.05, 3.63) is 40.2 Å². The van der Waals surface area contributed by atoms with E-state index in [0.29, 0.717) is 5.69 Å². The predicted molar refractivity (Wildman–Crippen MR) is 92.4 cm³/mol. The van der Waals surface area contributed by atoms with Crippen LogP contribution in [0.3, 0.4) is 0 Å². The van der Waals surface area contributed by atoms with Crippen LogP contribution in [0.1, 0.15) is 27.9 Å². The molecule has 1 saturated heterocycles. The van der Waals surface area contributed by atoms with Crippen molar-refractivity contribution in [3.63, 3.8) is 0 Å². The maximum atomic E-state index is 14.0. The highest BCUT2D eigenvalue weighted by Gasteiger charge is 2.24. The first-order valence-electron chi connectivity index (χ1n) is 7.70. The minimum Gasteiger partial charge on any atom is -0.367 e. The Morgan fingerprint density at radius 2 is 1.83 bits per heavy atom. The lowest BCUT2D eigenvalue weighted by atomic mass is 10.1. The van der Waals surface area contributed by atoms with Crippen molar-refractivity contribution in [1.82, 2.24) is 4.98 Å². The smallest absolute Gasteiger partial charge is 0.185 e. The lowest BCUT2D eigenvalue weighted by Crippen LogP contribution is -2.47. The van der Waals surface area contributed by atoms with E-state index in [-0.39, 0.29) is 11.3 Å². The summed E-state index contributed by atoms with van der Waals surface area (Å²) < 4.78 is 14.0. The molecule has 2 aromatic rings. The number of carbonyl (C=O) groups excluding carboxylic acids is 1. The van der Waals surface area contributed by atoms with E-state index >= 15 is 0 Å². The highest BCUT2D eigenvalue weighted by Crippen LogP contribution is 2.29. The number of hydrogen-bond acceptors (Lipinski definition) is 5. The van der Waals surface area contributed by atoms with Crippen molar-refractivity contribution in [3.8, 4) is 0 Å². The van der Waals surface area contributed by atoms with Crippen LogP contribution in [0.15, 0.2) is 18.2 Å². The number of aryl methyl sites for hydroxylation is 2. The van der Waals surface area contributed by atoms with Gasteiger partial charge < -0.3 is 9.80 Å². The number of thiazole rings is 1. The first kappa shape index (κ1) is 15.9. The first-order chi connectivity index (χ1) is 11.0. The Labute approximate surface area is 139 Å². The van der Waals surface area contributed by atoms with Crippen LogP contribution in [0, 0.1) is 19.7 Å². The first-order valence-corrected chi connectivity index (χ1v) is 8.52. The number of nitrogens with zero attached hydrogens (tertiary/aromatic N) is 3. The third-order valence-electron chi connectivity index (χ3n) is 4.25. The van der Waals surface area contributed by atoms with Gasteiger partial charge in [-0.05, 0) is 32.9 Å². The monoisotopic (exact) mass is 333 g/mol. The molecule has 2 heterocycles. The largest absolute Gasteiger partial charge is 0.367 e. The van der Waals surface area contributed by atoms with E-state index in [1.165, 1.54) is 17.9 Å². The number of ketones is 1. The Morgan fingerprint density at radius 1 is 1.17 bits per heavy atom. The fourth-order valence-electron chi connectivity index (χ4n) is 2.85. The molecule has 0 amide bonds. The third kappa shape index (κ3) is 3.08. The van der Waals surface area contributed by atoms with Crippen molar-refractivity contribution in [1.29, 1.82) is 0 Å². The van der Waals surface area contributed by atoms with E-state index in [0.717, 1.165) is 37.0 Å². The number of anilines is 2. The average Bonchev–Trinajstić information content (AvgIpc) is 2.86. The summed E-state index contributed by atoms with van der Waals surface area (Å²) in [6.45, 7) is 8.67. The molecule has 1 aromatic carbocycles. The Bertz CT molecular complexity index is 716. The summed E-state index contributed by atoms with van der Waals surface area (Å²) in [7, 11) is 0. The van der Waals surface area contributed by atoms with Crippen LogP contribution in [0.25, 0.3) is 0 Å². The zero-order valence-corrected chi connectivity index (χ0v) is 14.4. The predicted octanol–water partition coefficient (Wildman–Crippen LogP) is 3.43. The summed E-state index contributed by atoms with van der Waals surface area (Å²) in [5.74, 6) is -0.671. The zero-order valence-electron chi connectivity index (χ0n) is 13.6. The second kappa shape index (κ2) is 6.28. The van der Waals surface area contributed by atoms with Gasteiger partial charge in [-0.25, -0.2) is 9.37 Å². The van der Waals surface area contributed by atoms with Crippen LogP contribution in [0.5, 0.6) is 0 Å². The lowest BCUT2D eigenvalue weighted by Gasteiger charge is -2.36. The van der Waals surface area contributed by atoms with Crippen LogP contribution in [-0.2, 0) is 0 Å². The van der Waals surface area contributed by atoms with E-state index in [1.54, 1.807) is 17.4 Å². The molecule has 0 unspecified atom stereocenters. The van der Waals surface area contributed by atoms with Crippen molar-refractivity contribution in [2.75, 3.05) is 36.0 Å². The maximum absolute atomic E-state index is 14.0. The molecule has 0 aliphatic carbocycles. The standard InChI is InChI=1S/C17H20FN3OS/c1-11-13(3)23-17(19-11)21-9-7-20(8-10-21)15-6-4-5-14(18)16(15)12(2)22/h4-6H,7-10H2,1-3H3. The molecule has 0 saturated carbocycles. The van der Waals surface area contributed by atoms with Gasteiger partial charge in [-0.3, -0.25) is 4.79 Å². The molecular weight excluding hydrogens is 313 g/mol. The maximum Gasteiger partial charge on any atom is 0.185 e. The molecule has 0 N–H and O–H groups in total. The Morgan fingerprint density at radius 3 is 2.39 bits per heavy atom. The SMILES string of the molecule is CC(=O)c1c(F)cccc1N1CCN(c2nc(C)c(C)s2)CC1. The quantitative estimate of drug-likeness (QED) is 0.807. The second-order valence-electron chi connectivity index (χ2n) is 5.80. The molecule has 1 aromatic heterocycles. The fraction of sp³-hybridized carbons (Fsp3) is 0.412. The molecule has 3 rings (SSSR count).